The minimum atomic E-state index is -0.983. The summed E-state index contributed by atoms with van der Waals surface area (Å²) in [5, 5.41) is 0. The van der Waals surface area contributed by atoms with Crippen molar-refractivity contribution in [3.63, 3.8) is 0 Å². The fourth-order valence-electron chi connectivity index (χ4n) is 0.734. The zero-order valence-electron chi connectivity index (χ0n) is 5.99. The molecular weight excluding hydrogens is 163 g/mol. The van der Waals surface area contributed by atoms with Crippen molar-refractivity contribution >= 4 is 12.4 Å². The smallest absolute Gasteiger partial charge is 0.348 e. The number of carbonyl (C=O) groups is 2. The van der Waals surface area contributed by atoms with Crippen LogP contribution < -0.4 is 0 Å². The van der Waals surface area contributed by atoms with Crippen LogP contribution in [0.3, 0.4) is 0 Å². The Balaban J connectivity index is 2.94. The van der Waals surface area contributed by atoms with Gasteiger partial charge in [-0.2, -0.15) is 0 Å². The van der Waals surface area contributed by atoms with E-state index in [9.17, 15) is 14.0 Å². The lowest BCUT2D eigenvalue weighted by Crippen LogP contribution is -2.05. The van der Waals surface area contributed by atoms with Gasteiger partial charge in [-0.25, -0.2) is 9.18 Å². The first kappa shape index (κ1) is 8.39. The number of hydrogen-bond donors (Lipinski definition) is 0. The summed E-state index contributed by atoms with van der Waals surface area (Å²) in [4.78, 5) is 20.5. The van der Waals surface area contributed by atoms with E-state index in [4.69, 9.17) is 0 Å². The highest BCUT2D eigenvalue weighted by atomic mass is 19.1. The second kappa shape index (κ2) is 3.61. The molecule has 0 heterocycles. The van der Waals surface area contributed by atoms with Gasteiger partial charge >= 0.3 is 12.4 Å². The molecule has 0 saturated carbocycles. The fourth-order valence-corrected chi connectivity index (χ4v) is 0.734. The van der Waals surface area contributed by atoms with Crippen LogP contribution in [-0.4, -0.2) is 12.4 Å². The summed E-state index contributed by atoms with van der Waals surface area (Å²) in [5.41, 5.74) is -0.246. The molecule has 4 heteroatoms. The molecule has 0 radical (unpaired) electrons. The maximum absolute atomic E-state index is 12.7. The zero-order chi connectivity index (χ0) is 8.97. The summed E-state index contributed by atoms with van der Waals surface area (Å²) >= 11 is 0. The second-order valence-corrected chi connectivity index (χ2v) is 1.98. The van der Waals surface area contributed by atoms with Gasteiger partial charge in [-0.1, -0.05) is 12.1 Å². The first-order valence-electron chi connectivity index (χ1n) is 3.15. The first-order valence-corrected chi connectivity index (χ1v) is 3.15. The van der Waals surface area contributed by atoms with Gasteiger partial charge in [0, 0.05) is 0 Å². The van der Waals surface area contributed by atoms with Crippen molar-refractivity contribution in [3.05, 3.63) is 35.6 Å². The van der Waals surface area contributed by atoms with Gasteiger partial charge in [-0.3, -0.25) is 4.79 Å². The van der Waals surface area contributed by atoms with E-state index in [0.717, 1.165) is 6.07 Å². The maximum atomic E-state index is 12.7. The predicted octanol–water partition coefficient (Wildman–Crippen LogP) is 1.14. The Morgan fingerprint density at radius 2 is 2.08 bits per heavy atom. The lowest BCUT2D eigenvalue weighted by Gasteiger charge is -1.97. The van der Waals surface area contributed by atoms with Crippen LogP contribution in [0.5, 0.6) is 0 Å². The first-order chi connectivity index (χ1) is 5.75. The molecule has 0 aliphatic carbocycles. The van der Waals surface area contributed by atoms with E-state index in [1.54, 1.807) is 0 Å². The van der Waals surface area contributed by atoms with E-state index in [1.807, 2.05) is 0 Å². The molecule has 0 N–H and O–H groups in total. The average Bonchev–Trinajstić information content (AvgIpc) is 2.05. The van der Waals surface area contributed by atoms with E-state index < -0.39 is 11.8 Å². The molecule has 0 amide bonds. The van der Waals surface area contributed by atoms with Crippen LogP contribution in [0.15, 0.2) is 24.3 Å². The van der Waals surface area contributed by atoms with Gasteiger partial charge in [-0.05, 0) is 12.1 Å². The maximum Gasteiger partial charge on any atom is 0.348 e. The lowest BCUT2D eigenvalue weighted by atomic mass is 10.2. The summed E-state index contributed by atoms with van der Waals surface area (Å²) < 4.78 is 16.7. The molecular formula is C8H5FO3. The molecule has 1 aromatic carbocycles. The van der Waals surface area contributed by atoms with Crippen LogP contribution in [-0.2, 0) is 9.53 Å². The molecule has 1 rings (SSSR count). The van der Waals surface area contributed by atoms with Crippen LogP contribution >= 0.6 is 0 Å². The minimum Gasteiger partial charge on any atom is -0.392 e. The summed E-state index contributed by atoms with van der Waals surface area (Å²) in [7, 11) is 0. The van der Waals surface area contributed by atoms with Gasteiger partial charge in [0.1, 0.15) is 5.82 Å². The number of esters is 1. The topological polar surface area (TPSA) is 43.4 Å². The van der Waals surface area contributed by atoms with E-state index >= 15 is 0 Å². The van der Waals surface area contributed by atoms with Gasteiger partial charge in [0.2, 0.25) is 0 Å². The monoisotopic (exact) mass is 168 g/mol. The molecule has 0 bridgehead atoms. The molecule has 1 aromatic rings. The summed E-state index contributed by atoms with van der Waals surface area (Å²) in [5.74, 6) is -1.69. The SMILES string of the molecule is O=COC(=O)c1ccccc1F. The Kier molecular flexibility index (Phi) is 2.53. The summed E-state index contributed by atoms with van der Waals surface area (Å²) in [6, 6.07) is 5.26. The van der Waals surface area contributed by atoms with Crippen LogP contribution in [0.2, 0.25) is 0 Å². The van der Waals surface area contributed by atoms with E-state index in [0.29, 0.717) is 0 Å². The van der Waals surface area contributed by atoms with Crippen molar-refractivity contribution < 1.29 is 18.7 Å². The van der Waals surface area contributed by atoms with Gasteiger partial charge in [0.25, 0.3) is 0 Å². The highest BCUT2D eigenvalue weighted by Gasteiger charge is 2.10. The van der Waals surface area contributed by atoms with Crippen molar-refractivity contribution in [2.24, 2.45) is 0 Å². The average molecular weight is 168 g/mol. The third-order valence-electron chi connectivity index (χ3n) is 1.25. The Bertz CT molecular complexity index is 309. The normalized spacial score (nSPS) is 9.08. The molecule has 0 unspecified atom stereocenters. The van der Waals surface area contributed by atoms with Crippen LogP contribution in [0, 0.1) is 5.82 Å². The number of hydrogen-bond acceptors (Lipinski definition) is 3. The quantitative estimate of drug-likeness (QED) is 0.378. The number of ether oxygens (including phenoxy) is 1. The van der Waals surface area contributed by atoms with E-state index in [-0.39, 0.29) is 12.0 Å². The Hall–Kier alpha value is -1.71. The van der Waals surface area contributed by atoms with Gasteiger partial charge in [0.05, 0.1) is 5.56 Å². The Morgan fingerprint density at radius 3 is 2.67 bits per heavy atom. The highest BCUT2D eigenvalue weighted by molar-refractivity contribution is 5.93. The standard InChI is InChI=1S/C8H5FO3/c9-7-4-2-1-3-6(7)8(11)12-5-10/h1-5H. The van der Waals surface area contributed by atoms with Crippen molar-refractivity contribution in [3.8, 4) is 0 Å². The number of benzene rings is 1. The van der Waals surface area contributed by atoms with E-state index in [2.05, 4.69) is 4.74 Å². The predicted molar refractivity (Wildman–Crippen MR) is 37.9 cm³/mol. The van der Waals surface area contributed by atoms with Crippen molar-refractivity contribution in [1.29, 1.82) is 0 Å². The summed E-state index contributed by atoms with van der Waals surface area (Å²) in [6.45, 7) is -0.0330. The van der Waals surface area contributed by atoms with Gasteiger partial charge < -0.3 is 4.74 Å². The Labute approximate surface area is 67.8 Å². The van der Waals surface area contributed by atoms with Crippen LogP contribution in [0.25, 0.3) is 0 Å². The van der Waals surface area contributed by atoms with Crippen LogP contribution in [0.4, 0.5) is 4.39 Å². The molecule has 0 atom stereocenters. The molecule has 12 heavy (non-hydrogen) atoms. The molecule has 62 valence electrons. The molecule has 0 aliphatic heterocycles. The van der Waals surface area contributed by atoms with Crippen LogP contribution in [0.1, 0.15) is 10.4 Å². The zero-order valence-corrected chi connectivity index (χ0v) is 5.99. The lowest BCUT2D eigenvalue weighted by molar-refractivity contribution is -0.123. The number of halogens is 1. The number of rotatable bonds is 2. The Morgan fingerprint density at radius 1 is 1.42 bits per heavy atom. The minimum absolute atomic E-state index is 0.0330. The fraction of sp³-hybridized carbons (Fsp3) is 0. The largest absolute Gasteiger partial charge is 0.392 e. The molecule has 0 aromatic heterocycles. The third-order valence-corrected chi connectivity index (χ3v) is 1.25. The molecule has 3 nitrogen and oxygen atoms in total. The second-order valence-electron chi connectivity index (χ2n) is 1.98. The van der Waals surface area contributed by atoms with Gasteiger partial charge in [0.15, 0.2) is 0 Å². The highest BCUT2D eigenvalue weighted by Crippen LogP contribution is 2.06. The number of carbonyl (C=O) groups excluding carboxylic acids is 2. The van der Waals surface area contributed by atoms with Crippen molar-refractivity contribution in [1.82, 2.24) is 0 Å². The van der Waals surface area contributed by atoms with Crippen molar-refractivity contribution in [2.45, 2.75) is 0 Å². The molecule has 0 saturated heterocycles. The van der Waals surface area contributed by atoms with Crippen molar-refractivity contribution in [2.75, 3.05) is 0 Å². The third kappa shape index (κ3) is 1.66. The van der Waals surface area contributed by atoms with E-state index in [1.165, 1.54) is 18.2 Å². The molecule has 0 aliphatic rings. The van der Waals surface area contributed by atoms with Gasteiger partial charge in [-0.15, -0.1) is 0 Å². The summed E-state index contributed by atoms with van der Waals surface area (Å²) in [6.07, 6.45) is 0. The molecule has 0 spiro atoms. The molecule has 0 fully saturated rings.